The van der Waals surface area contributed by atoms with Gasteiger partial charge in [-0.15, -0.1) is 11.3 Å². The Bertz CT molecular complexity index is 979. The van der Waals surface area contributed by atoms with Crippen molar-refractivity contribution in [3.05, 3.63) is 17.3 Å². The van der Waals surface area contributed by atoms with Crippen LogP contribution >= 0.6 is 11.3 Å². The number of piperidine rings is 1. The normalized spacial score (nSPS) is 21.2. The molecule has 4 rings (SSSR count). The van der Waals surface area contributed by atoms with Crippen LogP contribution in [0.4, 0.5) is 0 Å². The van der Waals surface area contributed by atoms with Crippen molar-refractivity contribution in [1.29, 1.82) is 0 Å². The fourth-order valence-corrected chi connectivity index (χ4v) is 6.99. The lowest BCUT2D eigenvalue weighted by Gasteiger charge is -2.30. The summed E-state index contributed by atoms with van der Waals surface area (Å²) in [4.78, 5) is 16.8. The molecule has 0 aromatic carbocycles. The lowest BCUT2D eigenvalue weighted by Crippen LogP contribution is -2.45. The lowest BCUT2D eigenvalue weighted by atomic mass is 9.99. The van der Waals surface area contributed by atoms with E-state index >= 15 is 0 Å². The fourth-order valence-electron chi connectivity index (χ4n) is 4.15. The molecule has 8 nitrogen and oxygen atoms in total. The molecule has 1 atom stereocenters. The number of carbonyl (C=O) groups excluding carboxylic acids is 1. The van der Waals surface area contributed by atoms with Gasteiger partial charge < -0.3 is 9.84 Å². The predicted octanol–water partition coefficient (Wildman–Crippen LogP) is 3.38. The van der Waals surface area contributed by atoms with Gasteiger partial charge in [0.2, 0.25) is 17.6 Å². The van der Waals surface area contributed by atoms with Crippen LogP contribution in [0.3, 0.4) is 0 Å². The predicted molar refractivity (Wildman–Crippen MR) is 114 cm³/mol. The van der Waals surface area contributed by atoms with E-state index in [0.717, 1.165) is 30.6 Å². The lowest BCUT2D eigenvalue weighted by molar-refractivity contribution is -0.126. The molecule has 1 saturated heterocycles. The van der Waals surface area contributed by atoms with Gasteiger partial charge in [-0.2, -0.15) is 9.29 Å². The Morgan fingerprint density at radius 3 is 2.87 bits per heavy atom. The van der Waals surface area contributed by atoms with Gasteiger partial charge in [0, 0.05) is 36.5 Å². The minimum Gasteiger partial charge on any atom is -0.356 e. The Morgan fingerprint density at radius 2 is 2.10 bits per heavy atom. The molecule has 1 aliphatic heterocycles. The molecule has 0 spiro atoms. The molecule has 10 heteroatoms. The van der Waals surface area contributed by atoms with Gasteiger partial charge in [0.25, 0.3) is 10.0 Å². The third kappa shape index (κ3) is 4.45. The number of sulfonamides is 1. The van der Waals surface area contributed by atoms with Crippen molar-refractivity contribution >= 4 is 27.3 Å². The van der Waals surface area contributed by atoms with Gasteiger partial charge >= 0.3 is 0 Å². The number of carbonyl (C=O) groups is 1. The van der Waals surface area contributed by atoms with Crippen LogP contribution in [0.25, 0.3) is 11.4 Å². The minimum atomic E-state index is -3.66. The highest BCUT2D eigenvalue weighted by Gasteiger charge is 2.34. The van der Waals surface area contributed by atoms with Crippen molar-refractivity contribution in [3.63, 3.8) is 0 Å². The molecule has 0 radical (unpaired) electrons. The van der Waals surface area contributed by atoms with E-state index in [-0.39, 0.29) is 22.6 Å². The monoisotopic (exact) mass is 452 g/mol. The van der Waals surface area contributed by atoms with Crippen molar-refractivity contribution in [3.8, 4) is 11.4 Å². The summed E-state index contributed by atoms with van der Waals surface area (Å²) in [6.45, 7) is 3.26. The molecule has 1 amide bonds. The second kappa shape index (κ2) is 9.15. The van der Waals surface area contributed by atoms with E-state index in [1.165, 1.54) is 17.1 Å². The average molecular weight is 453 g/mol. The van der Waals surface area contributed by atoms with Crippen LogP contribution in [0, 0.1) is 5.92 Å². The van der Waals surface area contributed by atoms with Crippen molar-refractivity contribution in [1.82, 2.24) is 19.8 Å². The fraction of sp³-hybridized carbons (Fsp3) is 0.650. The molecule has 30 heavy (non-hydrogen) atoms. The van der Waals surface area contributed by atoms with Gasteiger partial charge in [-0.1, -0.05) is 24.9 Å². The molecule has 3 heterocycles. The SMILES string of the molecule is CCCNC(=O)C1CCCN(S(=O)(=O)c2cc(-c3noc(C4CCCC4)n3)cs2)C1. The maximum Gasteiger partial charge on any atom is 0.252 e. The Morgan fingerprint density at radius 1 is 1.30 bits per heavy atom. The van der Waals surface area contributed by atoms with Crippen molar-refractivity contribution in [2.45, 2.75) is 62.0 Å². The van der Waals surface area contributed by atoms with Crippen LogP contribution in [0.1, 0.15) is 63.7 Å². The quantitative estimate of drug-likeness (QED) is 0.690. The molecule has 0 bridgehead atoms. The Kier molecular flexibility index (Phi) is 6.54. The molecule has 1 unspecified atom stereocenters. The molecular formula is C20H28N4O4S2. The number of hydrogen-bond acceptors (Lipinski definition) is 7. The Balaban J connectivity index is 1.47. The number of nitrogens with one attached hydrogen (secondary N) is 1. The standard InChI is InChI=1S/C20H28N4O4S2/c1-2-9-21-19(25)15-8-5-10-24(12-15)30(26,27)17-11-16(13-29-17)18-22-20(28-23-18)14-6-3-4-7-14/h11,13-15H,2-10,12H2,1H3,(H,21,25). The smallest absolute Gasteiger partial charge is 0.252 e. The van der Waals surface area contributed by atoms with Gasteiger partial charge in [0.05, 0.1) is 5.92 Å². The molecule has 1 aliphatic carbocycles. The second-order valence-electron chi connectivity index (χ2n) is 8.09. The largest absolute Gasteiger partial charge is 0.356 e. The van der Waals surface area contributed by atoms with E-state index in [0.29, 0.717) is 49.1 Å². The average Bonchev–Trinajstić information content (AvgIpc) is 3.52. The summed E-state index contributed by atoms with van der Waals surface area (Å²) < 4.78 is 33.4. The van der Waals surface area contributed by atoms with Gasteiger partial charge in [-0.05, 0) is 38.2 Å². The van der Waals surface area contributed by atoms with Crippen LogP contribution in [0.2, 0.25) is 0 Å². The molecule has 1 N–H and O–H groups in total. The first kappa shape index (κ1) is 21.5. The first-order chi connectivity index (χ1) is 14.5. The summed E-state index contributed by atoms with van der Waals surface area (Å²) >= 11 is 1.16. The molecule has 2 aromatic heterocycles. The highest BCUT2D eigenvalue weighted by Crippen LogP contribution is 2.35. The van der Waals surface area contributed by atoms with E-state index < -0.39 is 10.0 Å². The van der Waals surface area contributed by atoms with Gasteiger partial charge in [-0.3, -0.25) is 4.79 Å². The van der Waals surface area contributed by atoms with Crippen molar-refractivity contribution < 1.29 is 17.7 Å². The summed E-state index contributed by atoms with van der Waals surface area (Å²) in [5.41, 5.74) is 0.654. The highest BCUT2D eigenvalue weighted by molar-refractivity contribution is 7.91. The first-order valence-corrected chi connectivity index (χ1v) is 13.0. The number of rotatable bonds is 7. The molecule has 2 aliphatic rings. The molecular weight excluding hydrogens is 424 g/mol. The van der Waals surface area contributed by atoms with Crippen molar-refractivity contribution in [2.75, 3.05) is 19.6 Å². The topological polar surface area (TPSA) is 105 Å². The third-order valence-electron chi connectivity index (χ3n) is 5.88. The Hall–Kier alpha value is -1.78. The van der Waals surface area contributed by atoms with E-state index in [9.17, 15) is 13.2 Å². The van der Waals surface area contributed by atoms with Crippen LogP contribution in [-0.4, -0.2) is 48.4 Å². The second-order valence-corrected chi connectivity index (χ2v) is 11.2. The zero-order chi connectivity index (χ0) is 21.1. The Labute approximate surface area is 181 Å². The van der Waals surface area contributed by atoms with Gasteiger partial charge in [0.1, 0.15) is 4.21 Å². The van der Waals surface area contributed by atoms with Crippen LogP contribution in [0.15, 0.2) is 20.2 Å². The van der Waals surface area contributed by atoms with E-state index in [2.05, 4.69) is 15.5 Å². The molecule has 2 fully saturated rings. The van der Waals surface area contributed by atoms with Crippen LogP contribution < -0.4 is 5.32 Å². The van der Waals surface area contributed by atoms with Gasteiger partial charge in [-0.25, -0.2) is 8.42 Å². The summed E-state index contributed by atoms with van der Waals surface area (Å²) in [6.07, 6.45) is 6.73. The minimum absolute atomic E-state index is 0.0603. The number of hydrogen-bond donors (Lipinski definition) is 1. The maximum atomic E-state index is 13.2. The zero-order valence-corrected chi connectivity index (χ0v) is 18.8. The van der Waals surface area contributed by atoms with Crippen LogP contribution in [0.5, 0.6) is 0 Å². The molecule has 2 aromatic rings. The van der Waals surface area contributed by atoms with E-state index in [1.54, 1.807) is 11.4 Å². The van der Waals surface area contributed by atoms with E-state index in [4.69, 9.17) is 4.52 Å². The summed E-state index contributed by atoms with van der Waals surface area (Å²) in [5, 5.41) is 8.70. The summed E-state index contributed by atoms with van der Waals surface area (Å²) in [7, 11) is -3.66. The van der Waals surface area contributed by atoms with Crippen molar-refractivity contribution in [2.24, 2.45) is 5.92 Å². The molecule has 164 valence electrons. The third-order valence-corrected chi connectivity index (χ3v) is 9.16. The number of nitrogens with zero attached hydrogens (tertiary/aromatic N) is 3. The van der Waals surface area contributed by atoms with E-state index in [1.807, 2.05) is 6.92 Å². The van der Waals surface area contributed by atoms with Gasteiger partial charge in [0.15, 0.2) is 0 Å². The summed E-state index contributed by atoms with van der Waals surface area (Å²) in [6, 6.07) is 1.62. The number of thiophene rings is 1. The number of aromatic nitrogens is 2. The summed E-state index contributed by atoms with van der Waals surface area (Å²) in [5.74, 6) is 1.04. The highest BCUT2D eigenvalue weighted by atomic mass is 32.2. The maximum absolute atomic E-state index is 13.2. The zero-order valence-electron chi connectivity index (χ0n) is 17.2. The number of amides is 1. The van der Waals surface area contributed by atoms with Crippen LogP contribution in [-0.2, 0) is 14.8 Å². The molecule has 1 saturated carbocycles. The first-order valence-electron chi connectivity index (χ1n) is 10.7.